The highest BCUT2D eigenvalue weighted by molar-refractivity contribution is 5.57. The second-order valence-electron chi connectivity index (χ2n) is 2.65. The number of hydrogen-bond donors (Lipinski definition) is 1. The van der Waals surface area contributed by atoms with Crippen LogP contribution in [0.4, 0.5) is 0 Å². The summed E-state index contributed by atoms with van der Waals surface area (Å²) in [5.41, 5.74) is 0. The summed E-state index contributed by atoms with van der Waals surface area (Å²) in [5.74, 6) is 0. The monoisotopic (exact) mass is 219 g/mol. The summed E-state index contributed by atoms with van der Waals surface area (Å²) in [4.78, 5) is 31.0. The van der Waals surface area contributed by atoms with Crippen molar-refractivity contribution in [2.24, 2.45) is 4.99 Å². The zero-order chi connectivity index (χ0) is 11.6. The molecule has 2 atom stereocenters. The van der Waals surface area contributed by atoms with E-state index < -0.39 is 33.1 Å². The summed E-state index contributed by atoms with van der Waals surface area (Å²) in [6.07, 6.45) is -3.13. The van der Waals surface area contributed by atoms with Crippen LogP contribution in [0.1, 0.15) is 0 Å². The van der Waals surface area contributed by atoms with Gasteiger partial charge >= 0.3 is 12.3 Å². The van der Waals surface area contributed by atoms with Crippen molar-refractivity contribution in [3.05, 3.63) is 30.3 Å². The van der Waals surface area contributed by atoms with Gasteiger partial charge in [0.05, 0.1) is 21.1 Å². The van der Waals surface area contributed by atoms with Crippen LogP contribution in [0.5, 0.6) is 0 Å². The van der Waals surface area contributed by atoms with Crippen LogP contribution in [0, 0.1) is 30.3 Å². The largest absolute Gasteiger partial charge is 0.479 e. The number of aliphatic imine (C=N–C) groups is 1. The van der Waals surface area contributed by atoms with Crippen LogP contribution in [0.3, 0.4) is 0 Å². The third kappa shape index (κ3) is 1.95. The molecule has 1 heterocycles. The van der Waals surface area contributed by atoms with E-state index >= 15 is 0 Å². The maximum atomic E-state index is 10.4. The highest BCUT2D eigenvalue weighted by atomic mass is 16.7. The molecule has 1 rings (SSSR count). The molecule has 15 heavy (non-hydrogen) atoms. The van der Waals surface area contributed by atoms with Crippen molar-refractivity contribution >= 4 is 6.34 Å². The van der Waals surface area contributed by atoms with E-state index in [1.807, 2.05) is 0 Å². The summed E-state index contributed by atoms with van der Waals surface area (Å²) in [6.45, 7) is 0. The van der Waals surface area contributed by atoms with Gasteiger partial charge in [-0.1, -0.05) is 0 Å². The van der Waals surface area contributed by atoms with E-state index in [0.717, 1.165) is 6.34 Å². The molecular formula is C4H5N5O6. The van der Waals surface area contributed by atoms with Crippen molar-refractivity contribution in [2.75, 3.05) is 0 Å². The van der Waals surface area contributed by atoms with Gasteiger partial charge in [0.2, 0.25) is 0 Å². The van der Waals surface area contributed by atoms with Gasteiger partial charge in [0.1, 0.15) is 0 Å². The molecule has 0 aromatic heterocycles. The number of nitro groups is 3. The van der Waals surface area contributed by atoms with Gasteiger partial charge in [-0.2, -0.15) is 0 Å². The predicted molar refractivity (Wildman–Crippen MR) is 44.0 cm³/mol. The summed E-state index contributed by atoms with van der Waals surface area (Å²) in [5, 5.41) is 33.2. The minimum atomic E-state index is -2.29. The highest BCUT2D eigenvalue weighted by Crippen LogP contribution is 2.11. The van der Waals surface area contributed by atoms with Crippen LogP contribution in [0.15, 0.2) is 4.99 Å². The lowest BCUT2D eigenvalue weighted by Gasteiger charge is -2.10. The van der Waals surface area contributed by atoms with Gasteiger partial charge in [0.15, 0.2) is 0 Å². The van der Waals surface area contributed by atoms with Gasteiger partial charge in [-0.15, -0.1) is 0 Å². The zero-order valence-corrected chi connectivity index (χ0v) is 7.05. The normalized spacial score (nSPS) is 23.8. The fourth-order valence-electron chi connectivity index (χ4n) is 1.15. The van der Waals surface area contributed by atoms with E-state index in [0.29, 0.717) is 0 Å². The third-order valence-corrected chi connectivity index (χ3v) is 1.78. The van der Waals surface area contributed by atoms with Gasteiger partial charge in [0.25, 0.3) is 6.04 Å². The number of rotatable bonds is 4. The Kier molecular flexibility index (Phi) is 2.73. The van der Waals surface area contributed by atoms with E-state index in [1.54, 1.807) is 0 Å². The first kappa shape index (κ1) is 10.7. The second-order valence-corrected chi connectivity index (χ2v) is 2.65. The van der Waals surface area contributed by atoms with Crippen LogP contribution in [-0.4, -0.2) is 39.5 Å². The summed E-state index contributed by atoms with van der Waals surface area (Å²) >= 11 is 0. The van der Waals surface area contributed by atoms with E-state index in [9.17, 15) is 30.3 Å². The Hall–Kier alpha value is -2.33. The Labute approximate surface area is 81.2 Å². The van der Waals surface area contributed by atoms with E-state index in [-0.39, 0.29) is 0 Å². The number of nitrogens with zero attached hydrogens (tertiary/aromatic N) is 4. The van der Waals surface area contributed by atoms with Crippen molar-refractivity contribution in [2.45, 2.75) is 18.4 Å². The average molecular weight is 219 g/mol. The van der Waals surface area contributed by atoms with Crippen molar-refractivity contribution in [3.8, 4) is 0 Å². The lowest BCUT2D eigenvalue weighted by atomic mass is 10.2. The van der Waals surface area contributed by atoms with Crippen LogP contribution >= 0.6 is 0 Å². The van der Waals surface area contributed by atoms with Crippen LogP contribution < -0.4 is 5.32 Å². The van der Waals surface area contributed by atoms with Gasteiger partial charge < -0.3 is 5.32 Å². The molecule has 0 saturated heterocycles. The van der Waals surface area contributed by atoms with E-state index in [4.69, 9.17) is 0 Å². The Morgan fingerprint density at radius 1 is 1.20 bits per heavy atom. The fourth-order valence-corrected chi connectivity index (χ4v) is 1.15. The summed E-state index contributed by atoms with van der Waals surface area (Å²) in [7, 11) is 0. The third-order valence-electron chi connectivity index (χ3n) is 1.78. The molecule has 0 aliphatic carbocycles. The Bertz CT molecular complexity index is 326. The topological polar surface area (TPSA) is 154 Å². The predicted octanol–water partition coefficient (Wildman–Crippen LogP) is -1.53. The molecule has 0 aromatic carbocycles. The summed E-state index contributed by atoms with van der Waals surface area (Å²) < 4.78 is 0. The van der Waals surface area contributed by atoms with Gasteiger partial charge in [-0.3, -0.25) is 30.3 Å². The molecule has 0 aromatic rings. The van der Waals surface area contributed by atoms with Gasteiger partial charge in [-0.25, -0.2) is 4.99 Å². The molecule has 0 saturated carbocycles. The molecule has 82 valence electrons. The molecule has 1 unspecified atom stereocenters. The molecule has 0 amide bonds. The first-order chi connectivity index (χ1) is 6.95. The minimum Gasteiger partial charge on any atom is -0.353 e. The molecule has 0 bridgehead atoms. The SMILES string of the molecule is O=[N+]([O-])C(C1NC=N[C@H]1[N+](=O)[O-])[N+](=O)[O-]. The van der Waals surface area contributed by atoms with Gasteiger partial charge in [-0.05, 0) is 0 Å². The smallest absolute Gasteiger partial charge is 0.353 e. The number of nitrogens with one attached hydrogen (secondary N) is 1. The minimum absolute atomic E-state index is 0.859. The lowest BCUT2D eigenvalue weighted by Crippen LogP contribution is -2.53. The number of hydrogen-bond acceptors (Lipinski definition) is 8. The Balaban J connectivity index is 2.90. The second kappa shape index (κ2) is 3.81. The molecule has 1 N–H and O–H groups in total. The molecule has 1 aliphatic heterocycles. The first-order valence-electron chi connectivity index (χ1n) is 3.63. The standard InChI is InChI=1S/C4H5N5O6/c10-7(11)3-2(5-1-6-3)4(8(12)13)9(14)15/h1-4H,(H,5,6)/t2?,3-/m0/s1. The van der Waals surface area contributed by atoms with Crippen LogP contribution in [0.2, 0.25) is 0 Å². The van der Waals surface area contributed by atoms with Crippen molar-refractivity contribution < 1.29 is 14.8 Å². The van der Waals surface area contributed by atoms with Crippen LogP contribution in [0.25, 0.3) is 0 Å². The van der Waals surface area contributed by atoms with Crippen molar-refractivity contribution in [1.29, 1.82) is 0 Å². The molecule has 11 nitrogen and oxygen atoms in total. The molecule has 1 aliphatic rings. The molecular weight excluding hydrogens is 214 g/mol. The molecule has 0 spiro atoms. The Morgan fingerprint density at radius 3 is 2.13 bits per heavy atom. The van der Waals surface area contributed by atoms with E-state index in [2.05, 4.69) is 10.3 Å². The van der Waals surface area contributed by atoms with Crippen molar-refractivity contribution in [3.63, 3.8) is 0 Å². The summed E-state index contributed by atoms with van der Waals surface area (Å²) in [6, 6.07) is -1.56. The van der Waals surface area contributed by atoms with E-state index in [1.165, 1.54) is 0 Å². The van der Waals surface area contributed by atoms with Crippen molar-refractivity contribution in [1.82, 2.24) is 5.32 Å². The maximum Gasteiger partial charge on any atom is 0.479 e. The molecule has 11 heteroatoms. The maximum absolute atomic E-state index is 10.4. The average Bonchev–Trinajstić information content (AvgIpc) is 2.51. The highest BCUT2D eigenvalue weighted by Gasteiger charge is 2.54. The first-order valence-corrected chi connectivity index (χ1v) is 3.63. The Morgan fingerprint density at radius 2 is 1.73 bits per heavy atom. The quantitative estimate of drug-likeness (QED) is 0.341. The van der Waals surface area contributed by atoms with Crippen LogP contribution in [-0.2, 0) is 0 Å². The molecule has 0 radical (unpaired) electrons. The lowest BCUT2D eigenvalue weighted by molar-refractivity contribution is -0.751. The fraction of sp³-hybridized carbons (Fsp3) is 0.750. The zero-order valence-electron chi connectivity index (χ0n) is 7.05. The van der Waals surface area contributed by atoms with Gasteiger partial charge in [0, 0.05) is 0 Å². The molecule has 0 fully saturated rings.